The molecule has 1 atom stereocenters. The number of allylic oxidation sites excluding steroid dienone is 3. The van der Waals surface area contributed by atoms with Gasteiger partial charge in [0.25, 0.3) is 5.91 Å². The average Bonchev–Trinajstić information content (AvgIpc) is 3.27. The quantitative estimate of drug-likeness (QED) is 0.398. The summed E-state index contributed by atoms with van der Waals surface area (Å²) >= 11 is 0. The van der Waals surface area contributed by atoms with Crippen LogP contribution >= 0.6 is 0 Å². The molecule has 1 N–H and O–H groups in total. The average molecular weight is 524 g/mol. The Labute approximate surface area is 229 Å². The van der Waals surface area contributed by atoms with Gasteiger partial charge in [-0.15, -0.1) is 0 Å². The van der Waals surface area contributed by atoms with Crippen LogP contribution in [0.25, 0.3) is 11.1 Å². The first-order valence-electron chi connectivity index (χ1n) is 13.5. The van der Waals surface area contributed by atoms with Gasteiger partial charge in [-0.2, -0.15) is 0 Å². The molecule has 0 bridgehead atoms. The van der Waals surface area contributed by atoms with Crippen molar-refractivity contribution in [3.63, 3.8) is 0 Å². The Bertz CT molecular complexity index is 1440. The zero-order chi connectivity index (χ0) is 27.4. The molecule has 0 aromatic heterocycles. The molecule has 3 aromatic carbocycles. The maximum absolute atomic E-state index is 13.6. The highest BCUT2D eigenvalue weighted by Crippen LogP contribution is 2.33. The smallest absolute Gasteiger partial charge is 0.251 e. The summed E-state index contributed by atoms with van der Waals surface area (Å²) in [6, 6.07) is 20.6. The fraction of sp³-hybridized carbons (Fsp3) is 0.273. The van der Waals surface area contributed by atoms with Crippen molar-refractivity contribution in [3.05, 3.63) is 112 Å². The number of benzene rings is 3. The second kappa shape index (κ2) is 11.7. The summed E-state index contributed by atoms with van der Waals surface area (Å²) in [5, 5.41) is 2.66. The van der Waals surface area contributed by atoms with E-state index in [1.165, 1.54) is 17.7 Å². The third kappa shape index (κ3) is 5.95. The first kappa shape index (κ1) is 26.4. The Hall–Kier alpha value is -4.19. The van der Waals surface area contributed by atoms with E-state index >= 15 is 0 Å². The van der Waals surface area contributed by atoms with E-state index in [1.807, 2.05) is 48.7 Å². The van der Waals surface area contributed by atoms with E-state index in [1.54, 1.807) is 7.05 Å². The number of rotatable bonds is 6. The minimum atomic E-state index is -0.231. The summed E-state index contributed by atoms with van der Waals surface area (Å²) in [5.41, 5.74) is 7.22. The molecule has 2 aliphatic rings. The lowest BCUT2D eigenvalue weighted by Crippen LogP contribution is -2.26. The predicted molar refractivity (Wildman–Crippen MR) is 154 cm³/mol. The molecule has 5 nitrogen and oxygen atoms in total. The van der Waals surface area contributed by atoms with Crippen LogP contribution in [0.4, 0.5) is 4.39 Å². The first-order chi connectivity index (χ1) is 18.9. The highest BCUT2D eigenvalue weighted by Gasteiger charge is 2.23. The van der Waals surface area contributed by atoms with Crippen LogP contribution in [-0.4, -0.2) is 37.2 Å². The van der Waals surface area contributed by atoms with Crippen LogP contribution in [0.2, 0.25) is 0 Å². The van der Waals surface area contributed by atoms with Gasteiger partial charge in [0, 0.05) is 48.8 Å². The summed E-state index contributed by atoms with van der Waals surface area (Å²) in [6.07, 6.45) is 5.99. The highest BCUT2D eigenvalue weighted by molar-refractivity contribution is 5.94. The first-order valence-corrected chi connectivity index (χ1v) is 13.5. The second-order valence-electron chi connectivity index (χ2n) is 10.1. The maximum atomic E-state index is 13.6. The van der Waals surface area contributed by atoms with Gasteiger partial charge in [0.1, 0.15) is 24.0 Å². The van der Waals surface area contributed by atoms with Gasteiger partial charge >= 0.3 is 0 Å². The molecule has 0 fully saturated rings. The number of hydrogen-bond donors (Lipinski definition) is 1. The number of nitrogens with one attached hydrogen (secondary N) is 1. The van der Waals surface area contributed by atoms with Crippen molar-refractivity contribution < 1.29 is 13.9 Å². The predicted octanol–water partition coefficient (Wildman–Crippen LogP) is 6.56. The van der Waals surface area contributed by atoms with Gasteiger partial charge in [-0.05, 0) is 72.0 Å². The topological polar surface area (TPSA) is 53.9 Å². The van der Waals surface area contributed by atoms with Gasteiger partial charge in [-0.1, -0.05) is 43.3 Å². The van der Waals surface area contributed by atoms with Crippen molar-refractivity contribution in [2.75, 3.05) is 20.2 Å². The Morgan fingerprint density at radius 3 is 2.54 bits per heavy atom. The largest absolute Gasteiger partial charge is 0.491 e. The number of fused-ring (bicyclic) bond motifs is 1. The fourth-order valence-electron chi connectivity index (χ4n) is 5.12. The molecular weight excluding hydrogens is 489 g/mol. The molecule has 1 amide bonds. The Morgan fingerprint density at radius 1 is 1.08 bits per heavy atom. The zero-order valence-electron chi connectivity index (χ0n) is 22.7. The molecule has 5 rings (SSSR count). The SMILES string of the molecule is CCC1C=NC(N2CCOc3ccc(-c4ccc(C(=O)NC)cc4)cc3C2)=C(Cc2ccc(F)cc2)C(C)=C1. The van der Waals surface area contributed by atoms with E-state index in [2.05, 4.69) is 42.3 Å². The second-order valence-corrected chi connectivity index (χ2v) is 10.1. The number of carbonyl (C=O) groups excluding carboxylic acids is 1. The molecule has 0 aliphatic carbocycles. The van der Waals surface area contributed by atoms with Gasteiger partial charge in [0.15, 0.2) is 0 Å². The molecule has 0 saturated carbocycles. The number of hydrogen-bond acceptors (Lipinski definition) is 4. The van der Waals surface area contributed by atoms with Gasteiger partial charge in [-0.3, -0.25) is 4.79 Å². The highest BCUT2D eigenvalue weighted by atomic mass is 19.1. The number of amides is 1. The van der Waals surface area contributed by atoms with Crippen molar-refractivity contribution in [2.24, 2.45) is 10.9 Å². The molecule has 0 radical (unpaired) electrons. The maximum Gasteiger partial charge on any atom is 0.251 e. The normalized spacial score (nSPS) is 17.1. The third-order valence-corrected chi connectivity index (χ3v) is 7.41. The van der Waals surface area contributed by atoms with Crippen LogP contribution in [0, 0.1) is 11.7 Å². The minimum Gasteiger partial charge on any atom is -0.491 e. The van der Waals surface area contributed by atoms with Gasteiger partial charge in [0.05, 0.1) is 6.54 Å². The molecule has 39 heavy (non-hydrogen) atoms. The number of ether oxygens (including phenoxy) is 1. The zero-order valence-corrected chi connectivity index (χ0v) is 22.7. The third-order valence-electron chi connectivity index (χ3n) is 7.41. The van der Waals surface area contributed by atoms with Crippen molar-refractivity contribution >= 4 is 12.1 Å². The molecule has 2 heterocycles. The molecule has 0 spiro atoms. The lowest BCUT2D eigenvalue weighted by atomic mass is 9.95. The summed E-state index contributed by atoms with van der Waals surface area (Å²) in [7, 11) is 1.63. The van der Waals surface area contributed by atoms with Crippen LogP contribution in [0.15, 0.2) is 94.8 Å². The van der Waals surface area contributed by atoms with Crippen LogP contribution in [0.3, 0.4) is 0 Å². The molecule has 2 aliphatic heterocycles. The molecule has 0 saturated heterocycles. The molecule has 3 aromatic rings. The van der Waals surface area contributed by atoms with Crippen molar-refractivity contribution in [2.45, 2.75) is 33.2 Å². The van der Waals surface area contributed by atoms with E-state index in [-0.39, 0.29) is 17.6 Å². The van der Waals surface area contributed by atoms with Crippen LogP contribution in [0.1, 0.15) is 41.8 Å². The Kier molecular flexibility index (Phi) is 7.92. The number of halogens is 1. The Balaban J connectivity index is 1.49. The van der Waals surface area contributed by atoms with E-state index in [4.69, 9.17) is 9.73 Å². The molecule has 6 heteroatoms. The van der Waals surface area contributed by atoms with E-state index in [0.29, 0.717) is 31.7 Å². The monoisotopic (exact) mass is 523 g/mol. The number of nitrogens with zero attached hydrogens (tertiary/aromatic N) is 2. The van der Waals surface area contributed by atoms with Crippen molar-refractivity contribution in [3.8, 4) is 16.9 Å². The van der Waals surface area contributed by atoms with Crippen molar-refractivity contribution in [1.82, 2.24) is 10.2 Å². The number of aliphatic imine (C=N–C) groups is 1. The fourth-order valence-corrected chi connectivity index (χ4v) is 5.12. The van der Waals surface area contributed by atoms with Gasteiger partial charge < -0.3 is 15.0 Å². The van der Waals surface area contributed by atoms with Crippen LogP contribution in [0.5, 0.6) is 5.75 Å². The van der Waals surface area contributed by atoms with Crippen LogP contribution in [-0.2, 0) is 13.0 Å². The van der Waals surface area contributed by atoms with Gasteiger partial charge in [-0.25, -0.2) is 9.38 Å². The van der Waals surface area contributed by atoms with Crippen LogP contribution < -0.4 is 10.1 Å². The number of carbonyl (C=O) groups is 1. The lowest BCUT2D eigenvalue weighted by molar-refractivity contribution is 0.0963. The molecular formula is C33H34FN3O2. The van der Waals surface area contributed by atoms with E-state index in [0.717, 1.165) is 45.8 Å². The Morgan fingerprint density at radius 2 is 1.82 bits per heavy atom. The van der Waals surface area contributed by atoms with Gasteiger partial charge in [0.2, 0.25) is 0 Å². The molecule has 1 unspecified atom stereocenters. The lowest BCUT2D eigenvalue weighted by Gasteiger charge is -2.25. The summed E-state index contributed by atoms with van der Waals surface area (Å²) in [5.74, 6) is 1.76. The summed E-state index contributed by atoms with van der Waals surface area (Å²) in [4.78, 5) is 19.3. The molecule has 200 valence electrons. The standard InChI is InChI=1S/C33H34FN3O2/c1-4-23-17-22(2)30(18-24-5-12-29(34)13-6-24)32(36-20-23)37-15-16-39-31-14-11-27(19-28(31)21-37)25-7-9-26(10-8-25)33(38)35-3/h5-14,17,19-20,23H,4,15-16,18,21H2,1-3H3,(H,35,38). The van der Waals surface area contributed by atoms with E-state index < -0.39 is 0 Å². The van der Waals surface area contributed by atoms with E-state index in [9.17, 15) is 9.18 Å². The summed E-state index contributed by atoms with van der Waals surface area (Å²) in [6.45, 7) is 6.23. The summed E-state index contributed by atoms with van der Waals surface area (Å²) < 4.78 is 19.8. The van der Waals surface area contributed by atoms with Crippen molar-refractivity contribution in [1.29, 1.82) is 0 Å². The minimum absolute atomic E-state index is 0.101.